The number of thiazole rings is 2. The average Bonchev–Trinajstić information content (AvgIpc) is 3.31. The minimum atomic E-state index is -0.404. The fourth-order valence-electron chi connectivity index (χ4n) is 2.96. The van der Waals surface area contributed by atoms with E-state index in [1.165, 1.54) is 11.3 Å². The van der Waals surface area contributed by atoms with E-state index in [1.54, 1.807) is 21.6 Å². The molecule has 1 saturated heterocycles. The number of nitrogens with zero attached hydrogens (tertiary/aromatic N) is 3. The highest BCUT2D eigenvalue weighted by molar-refractivity contribution is 7.18. The summed E-state index contributed by atoms with van der Waals surface area (Å²) < 4.78 is 1.09. The van der Waals surface area contributed by atoms with E-state index in [0.717, 1.165) is 26.6 Å². The first-order valence-electron chi connectivity index (χ1n) is 8.02. The highest BCUT2D eigenvalue weighted by atomic mass is 35.5. The number of alkyl halides is 1. The van der Waals surface area contributed by atoms with Crippen LogP contribution in [-0.4, -0.2) is 28.3 Å². The lowest BCUT2D eigenvalue weighted by Gasteiger charge is -2.16. The van der Waals surface area contributed by atoms with E-state index < -0.39 is 5.92 Å². The molecular weight excluding hydrogens is 392 g/mol. The summed E-state index contributed by atoms with van der Waals surface area (Å²) in [6, 6.07) is 5.79. The summed E-state index contributed by atoms with van der Waals surface area (Å²) in [6.07, 6.45) is 0.188. The van der Waals surface area contributed by atoms with Crippen molar-refractivity contribution in [2.45, 2.75) is 19.2 Å². The number of carbonyl (C=O) groups is 2. The molecule has 26 heavy (non-hydrogen) atoms. The number of benzene rings is 1. The van der Waals surface area contributed by atoms with E-state index in [0.29, 0.717) is 17.6 Å². The van der Waals surface area contributed by atoms with Crippen LogP contribution in [0.3, 0.4) is 0 Å². The Balaban J connectivity index is 1.49. The lowest BCUT2D eigenvalue weighted by Crippen LogP contribution is -2.28. The predicted molar refractivity (Wildman–Crippen MR) is 105 cm³/mol. The van der Waals surface area contributed by atoms with E-state index in [1.807, 2.05) is 25.1 Å². The third-order valence-electron chi connectivity index (χ3n) is 4.20. The summed E-state index contributed by atoms with van der Waals surface area (Å²) in [7, 11) is 0. The highest BCUT2D eigenvalue weighted by Gasteiger charge is 2.35. The van der Waals surface area contributed by atoms with Crippen LogP contribution in [0.25, 0.3) is 10.2 Å². The second-order valence-corrected chi connectivity index (χ2v) is 8.42. The van der Waals surface area contributed by atoms with Gasteiger partial charge in [0, 0.05) is 24.0 Å². The van der Waals surface area contributed by atoms with Crippen molar-refractivity contribution in [3.8, 4) is 0 Å². The number of nitrogens with one attached hydrogen (secondary N) is 1. The van der Waals surface area contributed by atoms with Crippen LogP contribution in [0.15, 0.2) is 23.6 Å². The summed E-state index contributed by atoms with van der Waals surface area (Å²) in [5.74, 6) is -0.349. The largest absolute Gasteiger partial charge is 0.312 e. The van der Waals surface area contributed by atoms with Crippen LogP contribution in [0.1, 0.15) is 17.1 Å². The van der Waals surface area contributed by atoms with Crippen molar-refractivity contribution in [2.75, 3.05) is 16.8 Å². The van der Waals surface area contributed by atoms with Crippen molar-refractivity contribution in [1.82, 2.24) is 9.97 Å². The van der Waals surface area contributed by atoms with Crippen molar-refractivity contribution < 1.29 is 9.59 Å². The zero-order valence-corrected chi connectivity index (χ0v) is 16.2. The Morgan fingerprint density at radius 2 is 2.27 bits per heavy atom. The van der Waals surface area contributed by atoms with Crippen LogP contribution in [-0.2, 0) is 15.5 Å². The van der Waals surface area contributed by atoms with E-state index in [-0.39, 0.29) is 18.2 Å². The number of rotatable bonds is 4. The van der Waals surface area contributed by atoms with Gasteiger partial charge in [-0.15, -0.1) is 34.3 Å². The molecule has 0 saturated carbocycles. The molecule has 1 aliphatic rings. The number of fused-ring (bicyclic) bond motifs is 1. The summed E-state index contributed by atoms with van der Waals surface area (Å²) in [5, 5.41) is 6.09. The SMILES string of the molecule is Cc1nc2cc(N3CC(C(=O)Nc4nc(CCl)cs4)CC3=O)ccc2s1. The quantitative estimate of drug-likeness (QED) is 0.669. The minimum Gasteiger partial charge on any atom is -0.312 e. The number of aromatic nitrogens is 2. The maximum atomic E-state index is 12.5. The van der Waals surface area contributed by atoms with Gasteiger partial charge in [0.15, 0.2) is 5.13 Å². The Morgan fingerprint density at radius 1 is 1.42 bits per heavy atom. The molecule has 4 rings (SSSR count). The minimum absolute atomic E-state index is 0.0583. The summed E-state index contributed by atoms with van der Waals surface area (Å²) in [6.45, 7) is 2.31. The standard InChI is InChI=1S/C17H15ClN4O2S2/c1-9-19-13-5-12(2-3-14(13)26-9)22-7-10(4-15(22)23)16(24)21-17-20-11(6-18)8-25-17/h2-3,5,8,10H,4,6-7H2,1H3,(H,20,21,24). The van der Waals surface area contributed by atoms with Gasteiger partial charge >= 0.3 is 0 Å². The maximum Gasteiger partial charge on any atom is 0.231 e. The van der Waals surface area contributed by atoms with Crippen LogP contribution in [0.2, 0.25) is 0 Å². The molecule has 1 N–H and O–H groups in total. The third-order valence-corrected chi connectivity index (χ3v) is 6.24. The van der Waals surface area contributed by atoms with Crippen LogP contribution in [0.5, 0.6) is 0 Å². The van der Waals surface area contributed by atoms with Crippen molar-refractivity contribution in [1.29, 1.82) is 0 Å². The maximum absolute atomic E-state index is 12.5. The molecule has 2 amide bonds. The van der Waals surface area contributed by atoms with Crippen molar-refractivity contribution in [3.63, 3.8) is 0 Å². The van der Waals surface area contributed by atoms with Crippen molar-refractivity contribution in [3.05, 3.63) is 34.3 Å². The number of amides is 2. The number of hydrogen-bond donors (Lipinski definition) is 1. The smallest absolute Gasteiger partial charge is 0.231 e. The van der Waals surface area contributed by atoms with E-state index >= 15 is 0 Å². The molecule has 1 fully saturated rings. The lowest BCUT2D eigenvalue weighted by atomic mass is 10.1. The molecule has 6 nitrogen and oxygen atoms in total. The van der Waals surface area contributed by atoms with Gasteiger partial charge < -0.3 is 10.2 Å². The van der Waals surface area contributed by atoms with Gasteiger partial charge in [0.05, 0.1) is 32.7 Å². The van der Waals surface area contributed by atoms with Gasteiger partial charge in [-0.2, -0.15) is 0 Å². The number of carbonyl (C=O) groups excluding carboxylic acids is 2. The van der Waals surface area contributed by atoms with Crippen LogP contribution in [0.4, 0.5) is 10.8 Å². The normalized spacial score (nSPS) is 17.2. The first-order valence-corrected chi connectivity index (χ1v) is 10.3. The van der Waals surface area contributed by atoms with Gasteiger partial charge in [-0.05, 0) is 25.1 Å². The molecule has 1 aromatic carbocycles. The van der Waals surface area contributed by atoms with Crippen LogP contribution in [0, 0.1) is 12.8 Å². The van der Waals surface area contributed by atoms with Crippen LogP contribution >= 0.6 is 34.3 Å². The second-order valence-electron chi connectivity index (χ2n) is 6.06. The Kier molecular flexibility index (Phi) is 4.64. The van der Waals surface area contributed by atoms with E-state index in [2.05, 4.69) is 15.3 Å². The van der Waals surface area contributed by atoms with Crippen molar-refractivity contribution in [2.24, 2.45) is 5.92 Å². The van der Waals surface area contributed by atoms with Crippen molar-refractivity contribution >= 4 is 67.1 Å². The Hall–Kier alpha value is -2.03. The fraction of sp³-hybridized carbons (Fsp3) is 0.294. The van der Waals surface area contributed by atoms with E-state index in [4.69, 9.17) is 11.6 Å². The highest BCUT2D eigenvalue weighted by Crippen LogP contribution is 2.30. The third kappa shape index (κ3) is 3.32. The zero-order chi connectivity index (χ0) is 18.3. The molecule has 134 valence electrons. The Labute approximate surface area is 162 Å². The van der Waals surface area contributed by atoms with Crippen LogP contribution < -0.4 is 10.2 Å². The second kappa shape index (κ2) is 6.94. The van der Waals surface area contributed by atoms with Gasteiger partial charge in [-0.3, -0.25) is 9.59 Å². The monoisotopic (exact) mass is 406 g/mol. The first-order chi connectivity index (χ1) is 12.5. The lowest BCUT2D eigenvalue weighted by molar-refractivity contribution is -0.122. The fourth-order valence-corrected chi connectivity index (χ4v) is 4.71. The predicted octanol–water partition coefficient (Wildman–Crippen LogP) is 3.79. The number of aryl methyl sites for hydroxylation is 1. The molecule has 1 unspecified atom stereocenters. The summed E-state index contributed by atoms with van der Waals surface area (Å²) >= 11 is 8.68. The molecule has 3 heterocycles. The molecule has 9 heteroatoms. The molecule has 3 aromatic rings. The molecule has 0 radical (unpaired) electrons. The molecule has 0 bridgehead atoms. The Morgan fingerprint density at radius 3 is 3.04 bits per heavy atom. The first kappa shape index (κ1) is 17.4. The molecular formula is C17H15ClN4O2S2. The Bertz CT molecular complexity index is 1000. The molecule has 0 spiro atoms. The number of hydrogen-bond acceptors (Lipinski definition) is 6. The van der Waals surface area contributed by atoms with E-state index in [9.17, 15) is 9.59 Å². The summed E-state index contributed by atoms with van der Waals surface area (Å²) in [4.78, 5) is 35.3. The molecule has 1 aliphatic heterocycles. The van der Waals surface area contributed by atoms with Gasteiger partial charge in [0.1, 0.15) is 0 Å². The van der Waals surface area contributed by atoms with Gasteiger partial charge in [-0.25, -0.2) is 9.97 Å². The van der Waals surface area contributed by atoms with Gasteiger partial charge in [0.25, 0.3) is 0 Å². The molecule has 0 aliphatic carbocycles. The molecule has 2 aromatic heterocycles. The molecule has 1 atom stereocenters. The number of halogens is 1. The zero-order valence-electron chi connectivity index (χ0n) is 13.9. The van der Waals surface area contributed by atoms with Gasteiger partial charge in [-0.1, -0.05) is 0 Å². The summed E-state index contributed by atoms with van der Waals surface area (Å²) in [5.41, 5.74) is 2.38. The van der Waals surface area contributed by atoms with Gasteiger partial charge in [0.2, 0.25) is 11.8 Å². The average molecular weight is 407 g/mol. The topological polar surface area (TPSA) is 75.2 Å². The number of anilines is 2.